The summed E-state index contributed by atoms with van der Waals surface area (Å²) in [5, 5.41) is 13.8. The maximum Gasteiger partial charge on any atom is 0.271 e. The van der Waals surface area contributed by atoms with Gasteiger partial charge in [-0.1, -0.05) is 12.1 Å². The minimum atomic E-state index is -0.568. The van der Waals surface area contributed by atoms with Crippen LogP contribution in [0.25, 0.3) is 0 Å². The third kappa shape index (κ3) is 1.91. The Hall–Kier alpha value is -3.22. The second-order valence-electron chi connectivity index (χ2n) is 4.70. The molecule has 3 rings (SSSR count). The summed E-state index contributed by atoms with van der Waals surface area (Å²) >= 11 is 0. The highest BCUT2D eigenvalue weighted by atomic mass is 16.6. The van der Waals surface area contributed by atoms with Crippen LogP contribution in [0, 0.1) is 10.1 Å². The Balaban J connectivity index is 2.16. The molecule has 2 aromatic carbocycles. The van der Waals surface area contributed by atoms with Gasteiger partial charge in [-0.2, -0.15) is 0 Å². The van der Waals surface area contributed by atoms with E-state index in [1.165, 1.54) is 18.2 Å². The lowest BCUT2D eigenvalue weighted by Gasteiger charge is -2.17. The number of hydrogen-bond acceptors (Lipinski definition) is 5. The predicted molar refractivity (Wildman–Crippen MR) is 80.2 cm³/mol. The second-order valence-corrected chi connectivity index (χ2v) is 4.70. The second kappa shape index (κ2) is 4.96. The van der Waals surface area contributed by atoms with Crippen molar-refractivity contribution in [1.29, 1.82) is 0 Å². The average molecular weight is 297 g/mol. The number of nitro groups is 1. The van der Waals surface area contributed by atoms with Crippen molar-refractivity contribution < 1.29 is 14.5 Å². The molecule has 0 atom stereocenters. The molecule has 2 amide bonds. The van der Waals surface area contributed by atoms with E-state index in [1.54, 1.807) is 31.3 Å². The van der Waals surface area contributed by atoms with Crippen molar-refractivity contribution in [3.05, 3.63) is 63.7 Å². The fourth-order valence-corrected chi connectivity index (χ4v) is 2.44. The maximum absolute atomic E-state index is 12.5. The maximum atomic E-state index is 12.5. The monoisotopic (exact) mass is 297 g/mol. The SMILES string of the molecule is CNc1ccc([N+](=O)[O-])cc1N1C(=O)c2ccccc2C1=O. The lowest BCUT2D eigenvalue weighted by atomic mass is 10.1. The van der Waals surface area contributed by atoms with Crippen LogP contribution in [0.4, 0.5) is 17.1 Å². The van der Waals surface area contributed by atoms with E-state index in [1.807, 2.05) is 0 Å². The van der Waals surface area contributed by atoms with Gasteiger partial charge in [-0.3, -0.25) is 19.7 Å². The van der Waals surface area contributed by atoms with E-state index in [9.17, 15) is 19.7 Å². The van der Waals surface area contributed by atoms with Gasteiger partial charge < -0.3 is 5.32 Å². The van der Waals surface area contributed by atoms with Crippen LogP contribution in [0.5, 0.6) is 0 Å². The molecule has 110 valence electrons. The van der Waals surface area contributed by atoms with Crippen molar-refractivity contribution in [2.24, 2.45) is 0 Å². The van der Waals surface area contributed by atoms with E-state index in [4.69, 9.17) is 0 Å². The number of imide groups is 1. The number of nitrogens with zero attached hydrogens (tertiary/aromatic N) is 2. The Morgan fingerprint density at radius 1 is 1.05 bits per heavy atom. The number of fused-ring (bicyclic) bond motifs is 1. The van der Waals surface area contributed by atoms with Gasteiger partial charge in [0, 0.05) is 19.2 Å². The number of amides is 2. The van der Waals surface area contributed by atoms with E-state index in [0.29, 0.717) is 16.8 Å². The molecule has 0 radical (unpaired) electrons. The third-order valence-electron chi connectivity index (χ3n) is 3.50. The van der Waals surface area contributed by atoms with Crippen LogP contribution in [-0.4, -0.2) is 23.8 Å². The normalized spacial score (nSPS) is 13.2. The van der Waals surface area contributed by atoms with Gasteiger partial charge in [0.15, 0.2) is 0 Å². The van der Waals surface area contributed by atoms with Crippen molar-refractivity contribution in [1.82, 2.24) is 0 Å². The van der Waals surface area contributed by atoms with Gasteiger partial charge >= 0.3 is 0 Å². The summed E-state index contributed by atoms with van der Waals surface area (Å²) in [5.41, 5.74) is 1.02. The van der Waals surface area contributed by atoms with E-state index < -0.39 is 16.7 Å². The van der Waals surface area contributed by atoms with E-state index in [0.717, 1.165) is 4.90 Å². The highest BCUT2D eigenvalue weighted by molar-refractivity contribution is 6.35. The summed E-state index contributed by atoms with van der Waals surface area (Å²) in [6.07, 6.45) is 0. The number of carbonyl (C=O) groups excluding carboxylic acids is 2. The highest BCUT2D eigenvalue weighted by Gasteiger charge is 2.37. The first-order valence-electron chi connectivity index (χ1n) is 6.48. The Morgan fingerprint density at radius 3 is 2.14 bits per heavy atom. The highest BCUT2D eigenvalue weighted by Crippen LogP contribution is 2.35. The topological polar surface area (TPSA) is 92.6 Å². The van der Waals surface area contributed by atoms with Crippen LogP contribution in [0.1, 0.15) is 20.7 Å². The molecule has 0 fully saturated rings. The number of non-ortho nitro benzene ring substituents is 1. The molecule has 0 unspecified atom stereocenters. The number of anilines is 2. The first-order valence-corrected chi connectivity index (χ1v) is 6.48. The van der Waals surface area contributed by atoms with Crippen LogP contribution >= 0.6 is 0 Å². The molecule has 7 nitrogen and oxygen atoms in total. The molecule has 0 spiro atoms. The smallest absolute Gasteiger partial charge is 0.271 e. The first-order chi connectivity index (χ1) is 10.5. The molecule has 1 N–H and O–H groups in total. The number of nitrogens with one attached hydrogen (secondary N) is 1. The minimum absolute atomic E-state index is 0.169. The fourth-order valence-electron chi connectivity index (χ4n) is 2.44. The van der Waals surface area contributed by atoms with E-state index in [-0.39, 0.29) is 11.4 Å². The molecular weight excluding hydrogens is 286 g/mol. The van der Waals surface area contributed by atoms with Crippen LogP contribution < -0.4 is 10.2 Å². The molecule has 22 heavy (non-hydrogen) atoms. The van der Waals surface area contributed by atoms with Crippen molar-refractivity contribution in [3.8, 4) is 0 Å². The van der Waals surface area contributed by atoms with Crippen LogP contribution in [0.15, 0.2) is 42.5 Å². The van der Waals surface area contributed by atoms with Crippen LogP contribution in [-0.2, 0) is 0 Å². The molecule has 1 heterocycles. The van der Waals surface area contributed by atoms with E-state index in [2.05, 4.69) is 5.32 Å². The van der Waals surface area contributed by atoms with Gasteiger partial charge in [-0.05, 0) is 18.2 Å². The minimum Gasteiger partial charge on any atom is -0.386 e. The molecule has 1 aliphatic rings. The summed E-state index contributed by atoms with van der Waals surface area (Å²) in [5.74, 6) is -0.977. The van der Waals surface area contributed by atoms with Crippen LogP contribution in [0.3, 0.4) is 0 Å². The number of nitro benzene ring substituents is 1. The largest absolute Gasteiger partial charge is 0.386 e. The molecule has 0 bridgehead atoms. The Morgan fingerprint density at radius 2 is 1.64 bits per heavy atom. The van der Waals surface area contributed by atoms with Gasteiger partial charge in [0.1, 0.15) is 0 Å². The zero-order valence-corrected chi connectivity index (χ0v) is 11.6. The Labute approximate surface area is 125 Å². The summed E-state index contributed by atoms with van der Waals surface area (Å²) in [6, 6.07) is 10.5. The van der Waals surface area contributed by atoms with Crippen molar-refractivity contribution in [2.75, 3.05) is 17.3 Å². The number of hydrogen-bond donors (Lipinski definition) is 1. The molecule has 1 aliphatic heterocycles. The first kappa shape index (κ1) is 13.7. The lowest BCUT2D eigenvalue weighted by Crippen LogP contribution is -2.30. The lowest BCUT2D eigenvalue weighted by molar-refractivity contribution is -0.384. The van der Waals surface area contributed by atoms with Gasteiger partial charge in [-0.25, -0.2) is 4.90 Å². The van der Waals surface area contributed by atoms with Crippen molar-refractivity contribution in [3.63, 3.8) is 0 Å². The Kier molecular flexibility index (Phi) is 3.10. The van der Waals surface area contributed by atoms with Crippen molar-refractivity contribution in [2.45, 2.75) is 0 Å². The average Bonchev–Trinajstić information content (AvgIpc) is 2.78. The van der Waals surface area contributed by atoms with Crippen molar-refractivity contribution >= 4 is 28.9 Å². The summed E-state index contributed by atoms with van der Waals surface area (Å²) in [7, 11) is 1.61. The summed E-state index contributed by atoms with van der Waals surface area (Å²) < 4.78 is 0. The van der Waals surface area contributed by atoms with Gasteiger partial charge in [0.05, 0.1) is 27.4 Å². The van der Waals surface area contributed by atoms with Gasteiger partial charge in [0.2, 0.25) is 0 Å². The van der Waals surface area contributed by atoms with Gasteiger partial charge in [-0.15, -0.1) is 0 Å². The third-order valence-corrected chi connectivity index (χ3v) is 3.50. The molecule has 0 aromatic heterocycles. The van der Waals surface area contributed by atoms with Gasteiger partial charge in [0.25, 0.3) is 17.5 Å². The standard InChI is InChI=1S/C15H11N3O4/c1-16-12-7-6-9(18(21)22)8-13(12)17-14(19)10-4-2-3-5-11(10)15(17)20/h2-8,16H,1H3. The molecule has 0 aliphatic carbocycles. The molecule has 2 aromatic rings. The van der Waals surface area contributed by atoms with Crippen LogP contribution in [0.2, 0.25) is 0 Å². The summed E-state index contributed by atoms with van der Waals surface area (Å²) in [6.45, 7) is 0. The fraction of sp³-hybridized carbons (Fsp3) is 0.0667. The molecule has 7 heteroatoms. The number of rotatable bonds is 3. The van der Waals surface area contributed by atoms with E-state index >= 15 is 0 Å². The Bertz CT molecular complexity index is 781. The molecule has 0 saturated carbocycles. The zero-order chi connectivity index (χ0) is 15.9. The molecule has 0 saturated heterocycles. The number of benzene rings is 2. The molecular formula is C15H11N3O4. The summed E-state index contributed by atoms with van der Waals surface area (Å²) in [4.78, 5) is 36.3. The predicted octanol–water partition coefficient (Wildman–Crippen LogP) is 2.44. The quantitative estimate of drug-likeness (QED) is 0.533. The zero-order valence-electron chi connectivity index (χ0n) is 11.6. The number of carbonyl (C=O) groups is 2.